The van der Waals surface area contributed by atoms with Crippen LogP contribution in [0.3, 0.4) is 0 Å². The maximum absolute atomic E-state index is 9.90. The fourth-order valence-electron chi connectivity index (χ4n) is 2.21. The van der Waals surface area contributed by atoms with Crippen molar-refractivity contribution in [2.75, 3.05) is 19.5 Å². The molecule has 0 fully saturated rings. The van der Waals surface area contributed by atoms with Crippen LogP contribution in [0.1, 0.15) is 18.5 Å². The first-order valence-corrected chi connectivity index (χ1v) is 6.56. The number of hydrogen-bond donors (Lipinski definition) is 3. The largest absolute Gasteiger partial charge is 0.507 e. The molecule has 0 aliphatic heterocycles. The molecule has 0 bridgehead atoms. The Balaban J connectivity index is 2.29. The first-order valence-electron chi connectivity index (χ1n) is 6.56. The van der Waals surface area contributed by atoms with Crippen LogP contribution in [-0.4, -0.2) is 24.4 Å². The quantitative estimate of drug-likeness (QED) is 0.788. The molecule has 0 heterocycles. The van der Waals surface area contributed by atoms with Gasteiger partial charge < -0.3 is 25.0 Å². The second kappa shape index (κ2) is 6.26. The second-order valence-corrected chi connectivity index (χ2v) is 4.64. The molecule has 1 unspecified atom stereocenters. The number of anilines is 1. The first-order chi connectivity index (χ1) is 10.1. The van der Waals surface area contributed by atoms with Gasteiger partial charge in [0.1, 0.15) is 23.0 Å². The molecular weight excluding hydrogens is 270 g/mol. The summed E-state index contributed by atoms with van der Waals surface area (Å²) < 4.78 is 10.5. The third kappa shape index (κ3) is 3.13. The van der Waals surface area contributed by atoms with Crippen molar-refractivity contribution < 1.29 is 19.7 Å². The third-order valence-corrected chi connectivity index (χ3v) is 3.27. The van der Waals surface area contributed by atoms with Gasteiger partial charge in [0.05, 0.1) is 31.5 Å². The van der Waals surface area contributed by atoms with Gasteiger partial charge in [0.2, 0.25) is 0 Å². The zero-order valence-corrected chi connectivity index (χ0v) is 12.3. The number of benzene rings is 2. The molecule has 2 rings (SSSR count). The number of nitrogens with one attached hydrogen (secondary N) is 1. The summed E-state index contributed by atoms with van der Waals surface area (Å²) >= 11 is 0. The molecule has 0 radical (unpaired) electrons. The maximum Gasteiger partial charge on any atom is 0.145 e. The number of methoxy groups -OCH3 is 2. The molecule has 5 heteroatoms. The Morgan fingerprint density at radius 1 is 1.00 bits per heavy atom. The lowest BCUT2D eigenvalue weighted by Crippen LogP contribution is -2.08. The summed E-state index contributed by atoms with van der Waals surface area (Å²) in [6.45, 7) is 1.85. The smallest absolute Gasteiger partial charge is 0.145 e. The van der Waals surface area contributed by atoms with Gasteiger partial charge in [-0.15, -0.1) is 0 Å². The minimum Gasteiger partial charge on any atom is -0.507 e. The number of phenols is 2. The van der Waals surface area contributed by atoms with Gasteiger partial charge in [-0.05, 0) is 31.2 Å². The van der Waals surface area contributed by atoms with Gasteiger partial charge in [0.15, 0.2) is 0 Å². The number of ether oxygens (including phenoxy) is 2. The van der Waals surface area contributed by atoms with E-state index >= 15 is 0 Å². The van der Waals surface area contributed by atoms with Crippen molar-refractivity contribution in [3.8, 4) is 23.0 Å². The summed E-state index contributed by atoms with van der Waals surface area (Å²) in [7, 11) is 3.16. The molecule has 0 spiro atoms. The van der Waals surface area contributed by atoms with E-state index in [1.807, 2.05) is 19.1 Å². The Hall–Kier alpha value is -2.56. The minimum atomic E-state index is -0.298. The molecule has 0 aromatic heterocycles. The Labute approximate surface area is 123 Å². The van der Waals surface area contributed by atoms with Crippen LogP contribution in [0.5, 0.6) is 23.0 Å². The van der Waals surface area contributed by atoms with Gasteiger partial charge in [-0.25, -0.2) is 0 Å². The molecule has 2 aromatic rings. The van der Waals surface area contributed by atoms with Crippen LogP contribution in [-0.2, 0) is 0 Å². The summed E-state index contributed by atoms with van der Waals surface area (Å²) in [6, 6.07) is 9.77. The molecule has 112 valence electrons. The van der Waals surface area contributed by atoms with Crippen LogP contribution in [0.25, 0.3) is 0 Å². The summed E-state index contributed by atoms with van der Waals surface area (Å²) in [4.78, 5) is 0. The molecule has 0 aliphatic rings. The summed E-state index contributed by atoms with van der Waals surface area (Å²) in [5, 5.41) is 23.0. The minimum absolute atomic E-state index is 0.0440. The Morgan fingerprint density at radius 2 is 1.67 bits per heavy atom. The second-order valence-electron chi connectivity index (χ2n) is 4.64. The molecule has 0 saturated carbocycles. The topological polar surface area (TPSA) is 71.0 Å². The zero-order chi connectivity index (χ0) is 15.4. The van der Waals surface area contributed by atoms with Gasteiger partial charge in [-0.1, -0.05) is 6.07 Å². The lowest BCUT2D eigenvalue weighted by molar-refractivity contribution is 0.395. The molecule has 21 heavy (non-hydrogen) atoms. The maximum atomic E-state index is 9.90. The van der Waals surface area contributed by atoms with Crippen LogP contribution in [0.15, 0.2) is 36.4 Å². The van der Waals surface area contributed by atoms with Gasteiger partial charge in [-0.3, -0.25) is 0 Å². The Kier molecular flexibility index (Phi) is 4.42. The summed E-state index contributed by atoms with van der Waals surface area (Å²) in [6.07, 6.45) is 0. The normalized spacial score (nSPS) is 11.8. The summed E-state index contributed by atoms with van der Waals surface area (Å²) in [5.74, 6) is 1.40. The number of aromatic hydroxyl groups is 2. The van der Waals surface area contributed by atoms with E-state index in [1.165, 1.54) is 0 Å². The van der Waals surface area contributed by atoms with Crippen molar-refractivity contribution in [2.24, 2.45) is 0 Å². The van der Waals surface area contributed by atoms with Gasteiger partial charge in [-0.2, -0.15) is 0 Å². The van der Waals surface area contributed by atoms with Gasteiger partial charge >= 0.3 is 0 Å². The Morgan fingerprint density at radius 3 is 2.24 bits per heavy atom. The van der Waals surface area contributed by atoms with Crippen molar-refractivity contribution in [2.45, 2.75) is 13.0 Å². The SMILES string of the molecule is COc1ccc(NC(C)c2c(O)cccc2O)c(OC)c1. The lowest BCUT2D eigenvalue weighted by Gasteiger charge is -2.20. The molecule has 0 saturated heterocycles. The van der Waals surface area contributed by atoms with Crippen LogP contribution >= 0.6 is 0 Å². The predicted molar refractivity (Wildman–Crippen MR) is 81.4 cm³/mol. The third-order valence-electron chi connectivity index (χ3n) is 3.27. The molecule has 3 N–H and O–H groups in total. The van der Waals surface area contributed by atoms with E-state index in [0.29, 0.717) is 17.1 Å². The Bertz CT molecular complexity index is 607. The molecule has 0 amide bonds. The molecule has 1 atom stereocenters. The van der Waals surface area contributed by atoms with Crippen molar-refractivity contribution in [3.05, 3.63) is 42.0 Å². The zero-order valence-electron chi connectivity index (χ0n) is 12.3. The average molecular weight is 289 g/mol. The average Bonchev–Trinajstić information content (AvgIpc) is 2.47. The van der Waals surface area contributed by atoms with Crippen LogP contribution in [0.4, 0.5) is 5.69 Å². The molecule has 2 aromatic carbocycles. The highest BCUT2D eigenvalue weighted by atomic mass is 16.5. The number of hydrogen-bond acceptors (Lipinski definition) is 5. The van der Waals surface area contributed by atoms with E-state index in [1.54, 1.807) is 38.5 Å². The monoisotopic (exact) mass is 289 g/mol. The number of rotatable bonds is 5. The van der Waals surface area contributed by atoms with Crippen molar-refractivity contribution in [3.63, 3.8) is 0 Å². The van der Waals surface area contributed by atoms with Crippen molar-refractivity contribution in [1.82, 2.24) is 0 Å². The van der Waals surface area contributed by atoms with Crippen molar-refractivity contribution in [1.29, 1.82) is 0 Å². The van der Waals surface area contributed by atoms with Crippen molar-refractivity contribution >= 4 is 5.69 Å². The van der Waals surface area contributed by atoms with E-state index < -0.39 is 0 Å². The fraction of sp³-hybridized carbons (Fsp3) is 0.250. The predicted octanol–water partition coefficient (Wildman–Crippen LogP) is 3.29. The molecular formula is C16H19NO4. The molecule has 5 nitrogen and oxygen atoms in total. The highest BCUT2D eigenvalue weighted by Gasteiger charge is 2.16. The highest BCUT2D eigenvalue weighted by molar-refractivity contribution is 5.61. The van der Waals surface area contributed by atoms with E-state index in [9.17, 15) is 10.2 Å². The van der Waals surface area contributed by atoms with E-state index in [-0.39, 0.29) is 17.5 Å². The van der Waals surface area contributed by atoms with Crippen LogP contribution < -0.4 is 14.8 Å². The van der Waals surface area contributed by atoms with E-state index in [4.69, 9.17) is 9.47 Å². The lowest BCUT2D eigenvalue weighted by atomic mass is 10.1. The summed E-state index contributed by atoms with van der Waals surface area (Å²) in [5.41, 5.74) is 1.18. The standard InChI is InChI=1S/C16H19NO4/c1-10(16-13(18)5-4-6-14(16)19)17-12-8-7-11(20-2)9-15(12)21-3/h4-10,17-19H,1-3H3. The number of phenolic OH excluding ortho intramolecular Hbond substituents is 2. The first kappa shape index (κ1) is 14.8. The van der Waals surface area contributed by atoms with Gasteiger partial charge in [0, 0.05) is 6.07 Å². The van der Waals surface area contributed by atoms with E-state index in [0.717, 1.165) is 5.69 Å². The van der Waals surface area contributed by atoms with E-state index in [2.05, 4.69) is 5.32 Å². The van der Waals surface area contributed by atoms with Gasteiger partial charge in [0.25, 0.3) is 0 Å². The van der Waals surface area contributed by atoms with Crippen LogP contribution in [0.2, 0.25) is 0 Å². The highest BCUT2D eigenvalue weighted by Crippen LogP contribution is 2.37. The molecule has 0 aliphatic carbocycles. The van der Waals surface area contributed by atoms with Crippen LogP contribution in [0, 0.1) is 0 Å². The fourth-order valence-corrected chi connectivity index (χ4v) is 2.21.